The Morgan fingerprint density at radius 1 is 1.43 bits per heavy atom. The third kappa shape index (κ3) is 3.08. The molecule has 2 rings (SSSR count). The van der Waals surface area contributed by atoms with Crippen molar-refractivity contribution < 1.29 is 14.3 Å². The van der Waals surface area contributed by atoms with Gasteiger partial charge in [-0.3, -0.25) is 4.79 Å². The second-order valence-corrected chi connectivity index (χ2v) is 5.33. The standard InChI is InChI=1S/C17H21NO3/c1-3-15(16(19)21-4-2)13-5-7-14(8-6-13)17(11-18)9-10-20-12-17/h5-8,15H,3-4,9-10,12H2,1-2H3. The van der Waals surface area contributed by atoms with Gasteiger partial charge in [0.1, 0.15) is 5.41 Å². The highest BCUT2D eigenvalue weighted by molar-refractivity contribution is 5.78. The zero-order chi connectivity index (χ0) is 15.3. The molecule has 0 bridgehead atoms. The molecule has 0 spiro atoms. The molecule has 0 aromatic heterocycles. The van der Waals surface area contributed by atoms with E-state index in [9.17, 15) is 10.1 Å². The zero-order valence-electron chi connectivity index (χ0n) is 12.6. The second-order valence-electron chi connectivity index (χ2n) is 5.33. The van der Waals surface area contributed by atoms with Crippen molar-refractivity contribution in [1.29, 1.82) is 5.26 Å². The van der Waals surface area contributed by atoms with Crippen LogP contribution in [0.25, 0.3) is 0 Å². The molecule has 1 fully saturated rings. The van der Waals surface area contributed by atoms with E-state index < -0.39 is 5.41 Å². The Balaban J connectivity index is 2.22. The quantitative estimate of drug-likeness (QED) is 0.781. The second kappa shape index (κ2) is 6.73. The number of esters is 1. The lowest BCUT2D eigenvalue weighted by Gasteiger charge is -2.20. The number of carbonyl (C=O) groups excluding carboxylic acids is 1. The first kappa shape index (κ1) is 15.5. The third-order valence-corrected chi connectivity index (χ3v) is 4.08. The molecule has 0 N–H and O–H groups in total. The van der Waals surface area contributed by atoms with Crippen LogP contribution >= 0.6 is 0 Å². The lowest BCUT2D eigenvalue weighted by Crippen LogP contribution is -2.24. The van der Waals surface area contributed by atoms with Gasteiger partial charge in [-0.05, 0) is 30.9 Å². The minimum absolute atomic E-state index is 0.188. The van der Waals surface area contributed by atoms with Gasteiger partial charge in [0.2, 0.25) is 0 Å². The maximum atomic E-state index is 11.9. The van der Waals surface area contributed by atoms with Crippen LogP contribution in [0.3, 0.4) is 0 Å². The van der Waals surface area contributed by atoms with Gasteiger partial charge in [-0.15, -0.1) is 0 Å². The number of ether oxygens (including phenoxy) is 2. The van der Waals surface area contributed by atoms with E-state index >= 15 is 0 Å². The summed E-state index contributed by atoms with van der Waals surface area (Å²) in [5.74, 6) is -0.427. The summed E-state index contributed by atoms with van der Waals surface area (Å²) in [6.07, 6.45) is 1.42. The summed E-state index contributed by atoms with van der Waals surface area (Å²) in [4.78, 5) is 11.9. The predicted molar refractivity (Wildman–Crippen MR) is 78.8 cm³/mol. The minimum Gasteiger partial charge on any atom is -0.466 e. The average molecular weight is 287 g/mol. The van der Waals surface area contributed by atoms with Crippen LogP contribution in [-0.4, -0.2) is 25.8 Å². The summed E-state index contributed by atoms with van der Waals surface area (Å²) in [5, 5.41) is 9.45. The van der Waals surface area contributed by atoms with Crippen molar-refractivity contribution in [3.63, 3.8) is 0 Å². The molecule has 0 amide bonds. The molecule has 1 aliphatic heterocycles. The van der Waals surface area contributed by atoms with Crippen molar-refractivity contribution in [2.75, 3.05) is 19.8 Å². The highest BCUT2D eigenvalue weighted by Crippen LogP contribution is 2.33. The lowest BCUT2D eigenvalue weighted by molar-refractivity contribution is -0.145. The molecule has 21 heavy (non-hydrogen) atoms. The van der Waals surface area contributed by atoms with Crippen LogP contribution in [0.1, 0.15) is 43.7 Å². The minimum atomic E-state index is -0.538. The van der Waals surface area contributed by atoms with Crippen LogP contribution in [0, 0.1) is 11.3 Å². The van der Waals surface area contributed by atoms with Gasteiger partial charge < -0.3 is 9.47 Å². The van der Waals surface area contributed by atoms with E-state index in [1.165, 1.54) is 0 Å². The highest BCUT2D eigenvalue weighted by atomic mass is 16.5. The average Bonchev–Trinajstić information content (AvgIpc) is 2.99. The number of nitrogens with zero attached hydrogens (tertiary/aromatic N) is 1. The van der Waals surface area contributed by atoms with Gasteiger partial charge in [-0.1, -0.05) is 31.2 Å². The SMILES string of the molecule is CCOC(=O)C(CC)c1ccc(C2(C#N)CCOC2)cc1. The molecular weight excluding hydrogens is 266 g/mol. The summed E-state index contributed by atoms with van der Waals surface area (Å²) < 4.78 is 10.5. The van der Waals surface area contributed by atoms with E-state index in [1.54, 1.807) is 0 Å². The Kier molecular flexibility index (Phi) is 4.98. The molecule has 1 aromatic rings. The fourth-order valence-electron chi connectivity index (χ4n) is 2.76. The van der Waals surface area contributed by atoms with E-state index in [4.69, 9.17) is 9.47 Å². The Morgan fingerprint density at radius 3 is 2.62 bits per heavy atom. The molecule has 1 saturated heterocycles. The van der Waals surface area contributed by atoms with E-state index in [1.807, 2.05) is 38.1 Å². The van der Waals surface area contributed by atoms with E-state index in [0.29, 0.717) is 26.2 Å². The topological polar surface area (TPSA) is 59.3 Å². The summed E-state index contributed by atoms with van der Waals surface area (Å²) in [6, 6.07) is 10.1. The summed E-state index contributed by atoms with van der Waals surface area (Å²) >= 11 is 0. The van der Waals surface area contributed by atoms with Crippen LogP contribution in [0.2, 0.25) is 0 Å². The molecule has 1 aliphatic rings. The van der Waals surface area contributed by atoms with Gasteiger partial charge in [0, 0.05) is 6.61 Å². The van der Waals surface area contributed by atoms with Crippen molar-refractivity contribution in [2.45, 2.75) is 38.0 Å². The number of hydrogen-bond acceptors (Lipinski definition) is 4. The van der Waals surface area contributed by atoms with Gasteiger partial charge in [0.25, 0.3) is 0 Å². The van der Waals surface area contributed by atoms with Gasteiger partial charge in [-0.2, -0.15) is 5.26 Å². The van der Waals surface area contributed by atoms with Crippen molar-refractivity contribution in [3.05, 3.63) is 35.4 Å². The Morgan fingerprint density at radius 2 is 2.14 bits per heavy atom. The van der Waals surface area contributed by atoms with Gasteiger partial charge in [0.05, 0.1) is 25.2 Å². The number of hydrogen-bond donors (Lipinski definition) is 0. The molecular formula is C17H21NO3. The van der Waals surface area contributed by atoms with Crippen LogP contribution < -0.4 is 0 Å². The number of nitriles is 1. The zero-order valence-corrected chi connectivity index (χ0v) is 12.6. The van der Waals surface area contributed by atoms with E-state index in [-0.39, 0.29) is 11.9 Å². The largest absolute Gasteiger partial charge is 0.466 e. The van der Waals surface area contributed by atoms with Crippen molar-refractivity contribution in [1.82, 2.24) is 0 Å². The summed E-state index contributed by atoms with van der Waals surface area (Å²) in [7, 11) is 0. The maximum absolute atomic E-state index is 11.9. The Bertz CT molecular complexity index is 524. The third-order valence-electron chi connectivity index (χ3n) is 4.08. The fourth-order valence-corrected chi connectivity index (χ4v) is 2.76. The summed E-state index contributed by atoms with van der Waals surface area (Å²) in [5.41, 5.74) is 1.36. The summed E-state index contributed by atoms with van der Waals surface area (Å²) in [6.45, 7) is 5.23. The molecule has 0 radical (unpaired) electrons. The van der Waals surface area contributed by atoms with Crippen LogP contribution in [0.15, 0.2) is 24.3 Å². The molecule has 1 heterocycles. The van der Waals surface area contributed by atoms with Crippen molar-refractivity contribution in [2.24, 2.45) is 0 Å². The predicted octanol–water partition coefficient (Wildman–Crippen LogP) is 2.92. The normalized spacial score (nSPS) is 22.5. The fraction of sp³-hybridized carbons (Fsp3) is 0.529. The molecule has 2 unspecified atom stereocenters. The first-order valence-corrected chi connectivity index (χ1v) is 7.43. The maximum Gasteiger partial charge on any atom is 0.313 e. The van der Waals surface area contributed by atoms with Crippen LogP contribution in [-0.2, 0) is 19.7 Å². The van der Waals surface area contributed by atoms with Gasteiger partial charge in [-0.25, -0.2) is 0 Å². The molecule has 0 saturated carbocycles. The number of benzene rings is 1. The van der Waals surface area contributed by atoms with Crippen LogP contribution in [0.5, 0.6) is 0 Å². The lowest BCUT2D eigenvalue weighted by atomic mass is 9.80. The molecule has 112 valence electrons. The monoisotopic (exact) mass is 287 g/mol. The van der Waals surface area contributed by atoms with E-state index in [0.717, 1.165) is 17.5 Å². The van der Waals surface area contributed by atoms with Crippen LogP contribution in [0.4, 0.5) is 0 Å². The number of rotatable bonds is 5. The van der Waals surface area contributed by atoms with Crippen molar-refractivity contribution >= 4 is 5.97 Å². The van der Waals surface area contributed by atoms with Gasteiger partial charge >= 0.3 is 5.97 Å². The molecule has 0 aliphatic carbocycles. The first-order chi connectivity index (χ1) is 10.2. The molecule has 1 aromatic carbocycles. The van der Waals surface area contributed by atoms with E-state index in [2.05, 4.69) is 6.07 Å². The molecule has 2 atom stereocenters. The van der Waals surface area contributed by atoms with Gasteiger partial charge in [0.15, 0.2) is 0 Å². The smallest absolute Gasteiger partial charge is 0.313 e. The Hall–Kier alpha value is -1.86. The van der Waals surface area contributed by atoms with Crippen molar-refractivity contribution in [3.8, 4) is 6.07 Å². The number of carbonyl (C=O) groups is 1. The molecule has 4 nitrogen and oxygen atoms in total. The molecule has 4 heteroatoms. The first-order valence-electron chi connectivity index (χ1n) is 7.43. The Labute approximate surface area is 125 Å². The highest BCUT2D eigenvalue weighted by Gasteiger charge is 2.37.